The molecule has 1 aliphatic heterocycles. The minimum absolute atomic E-state index is 0.0298. The van der Waals surface area contributed by atoms with Gasteiger partial charge in [0.15, 0.2) is 0 Å². The molecule has 0 radical (unpaired) electrons. The number of halogens is 1. The minimum atomic E-state index is -0.946. The van der Waals surface area contributed by atoms with E-state index in [1.54, 1.807) is 24.3 Å². The Hall–Kier alpha value is -2.63. The van der Waals surface area contributed by atoms with E-state index in [2.05, 4.69) is 0 Å². The van der Waals surface area contributed by atoms with Crippen LogP contribution in [0.3, 0.4) is 0 Å². The van der Waals surface area contributed by atoms with Gasteiger partial charge in [-0.15, -0.1) is 0 Å². The summed E-state index contributed by atoms with van der Waals surface area (Å²) in [5.74, 6) is -0.829. The lowest BCUT2D eigenvalue weighted by Crippen LogP contribution is -2.44. The third kappa shape index (κ3) is 4.59. The molecule has 32 heavy (non-hydrogen) atoms. The van der Waals surface area contributed by atoms with Gasteiger partial charge in [0, 0.05) is 23.4 Å². The van der Waals surface area contributed by atoms with Crippen molar-refractivity contribution in [2.45, 2.75) is 56.1 Å². The van der Waals surface area contributed by atoms with Gasteiger partial charge in [-0.1, -0.05) is 54.4 Å². The number of hydrogen-bond donors (Lipinski definition) is 2. The smallest absolute Gasteiger partial charge is 0.335 e. The van der Waals surface area contributed by atoms with Crippen molar-refractivity contribution in [2.24, 2.45) is 0 Å². The lowest BCUT2D eigenvalue weighted by Gasteiger charge is -2.45. The summed E-state index contributed by atoms with van der Waals surface area (Å²) in [6, 6.07) is 14.5. The van der Waals surface area contributed by atoms with Crippen LogP contribution >= 0.6 is 11.6 Å². The fraction of sp³-hybridized carbons (Fsp3) is 0.385. The SMILES string of the molecule is O=C(O)c1ccc(CCN2C(=O)CC[C@@H]2/C=C/[C@@H](O)C2(c3ccc(Cl)cc3)CCC2)cc1. The van der Waals surface area contributed by atoms with Gasteiger partial charge in [-0.25, -0.2) is 4.79 Å². The number of carboxylic acid groups (broad SMARTS) is 1. The van der Waals surface area contributed by atoms with E-state index in [-0.39, 0.29) is 22.9 Å². The number of aliphatic hydroxyl groups excluding tert-OH is 1. The normalized spacial score (nSPS) is 21.0. The van der Waals surface area contributed by atoms with Crippen molar-refractivity contribution in [2.75, 3.05) is 6.54 Å². The Bertz CT molecular complexity index is 995. The van der Waals surface area contributed by atoms with Crippen molar-refractivity contribution in [3.05, 3.63) is 82.4 Å². The highest BCUT2D eigenvalue weighted by Crippen LogP contribution is 2.47. The first-order valence-electron chi connectivity index (χ1n) is 11.1. The fourth-order valence-electron chi connectivity index (χ4n) is 4.82. The van der Waals surface area contributed by atoms with Crippen LogP contribution in [0.1, 0.15) is 53.6 Å². The molecular weight excluding hydrogens is 426 g/mol. The molecule has 2 N–H and O–H groups in total. The Kier molecular flexibility index (Phi) is 6.68. The Morgan fingerprint density at radius 2 is 1.84 bits per heavy atom. The molecule has 0 spiro atoms. The first-order valence-corrected chi connectivity index (χ1v) is 11.5. The van der Waals surface area contributed by atoms with Crippen LogP contribution in [0.25, 0.3) is 0 Å². The molecule has 0 bridgehead atoms. The highest BCUT2D eigenvalue weighted by Gasteiger charge is 2.44. The number of hydrogen-bond acceptors (Lipinski definition) is 3. The number of aromatic carboxylic acids is 1. The van der Waals surface area contributed by atoms with E-state index in [0.717, 1.165) is 36.8 Å². The lowest BCUT2D eigenvalue weighted by molar-refractivity contribution is -0.128. The number of nitrogens with zero attached hydrogens (tertiary/aromatic N) is 1. The van der Waals surface area contributed by atoms with Crippen molar-refractivity contribution in [1.29, 1.82) is 0 Å². The number of aliphatic hydroxyl groups is 1. The van der Waals surface area contributed by atoms with E-state index in [1.165, 1.54) is 0 Å². The predicted molar refractivity (Wildman–Crippen MR) is 124 cm³/mol. The fourth-order valence-corrected chi connectivity index (χ4v) is 4.95. The average molecular weight is 454 g/mol. The van der Waals surface area contributed by atoms with Gasteiger partial charge < -0.3 is 15.1 Å². The van der Waals surface area contributed by atoms with Crippen molar-refractivity contribution < 1.29 is 19.8 Å². The van der Waals surface area contributed by atoms with Gasteiger partial charge in [0.05, 0.1) is 17.7 Å². The molecule has 2 aliphatic rings. The zero-order chi connectivity index (χ0) is 22.7. The van der Waals surface area contributed by atoms with Crippen LogP contribution in [-0.2, 0) is 16.6 Å². The number of carbonyl (C=O) groups excluding carboxylic acids is 1. The molecule has 2 atom stereocenters. The summed E-state index contributed by atoms with van der Waals surface area (Å²) in [7, 11) is 0. The van der Waals surface area contributed by atoms with Crippen molar-refractivity contribution >= 4 is 23.5 Å². The van der Waals surface area contributed by atoms with Gasteiger partial charge in [0.25, 0.3) is 0 Å². The van der Waals surface area contributed by atoms with Crippen LogP contribution in [0.5, 0.6) is 0 Å². The maximum Gasteiger partial charge on any atom is 0.335 e. The van der Waals surface area contributed by atoms with Crippen LogP contribution in [0.4, 0.5) is 0 Å². The summed E-state index contributed by atoms with van der Waals surface area (Å²) in [6.45, 7) is 0.568. The second-order valence-corrected chi connectivity index (χ2v) is 9.23. The summed E-state index contributed by atoms with van der Waals surface area (Å²) >= 11 is 6.03. The van der Waals surface area contributed by atoms with Crippen LogP contribution in [0.2, 0.25) is 5.02 Å². The number of rotatable bonds is 8. The molecule has 6 heteroatoms. The third-order valence-corrected chi connectivity index (χ3v) is 7.22. The van der Waals surface area contributed by atoms with E-state index in [4.69, 9.17) is 16.7 Å². The monoisotopic (exact) mass is 453 g/mol. The second kappa shape index (κ2) is 9.47. The Morgan fingerprint density at radius 1 is 1.16 bits per heavy atom. The summed E-state index contributed by atoms with van der Waals surface area (Å²) < 4.78 is 0. The number of carbonyl (C=O) groups is 2. The first kappa shape index (κ1) is 22.6. The molecule has 1 heterocycles. The van der Waals surface area contributed by atoms with Crippen LogP contribution in [0, 0.1) is 0 Å². The largest absolute Gasteiger partial charge is 0.478 e. The Morgan fingerprint density at radius 3 is 2.44 bits per heavy atom. The van der Waals surface area contributed by atoms with Crippen LogP contribution in [0.15, 0.2) is 60.7 Å². The maximum absolute atomic E-state index is 12.5. The molecule has 1 aliphatic carbocycles. The van der Waals surface area contributed by atoms with Gasteiger partial charge in [-0.2, -0.15) is 0 Å². The Labute approximate surface area is 193 Å². The molecule has 2 fully saturated rings. The summed E-state index contributed by atoms with van der Waals surface area (Å²) in [6.07, 6.45) is 8.10. The molecular formula is C26H28ClNO4. The lowest BCUT2D eigenvalue weighted by atomic mass is 9.61. The Balaban J connectivity index is 1.41. The summed E-state index contributed by atoms with van der Waals surface area (Å²) in [4.78, 5) is 25.3. The second-order valence-electron chi connectivity index (χ2n) is 8.79. The quantitative estimate of drug-likeness (QED) is 0.572. The number of likely N-dealkylation sites (tertiary alicyclic amines) is 1. The van der Waals surface area contributed by atoms with E-state index < -0.39 is 12.1 Å². The minimum Gasteiger partial charge on any atom is -0.478 e. The number of amides is 1. The van der Waals surface area contributed by atoms with Crippen molar-refractivity contribution in [3.8, 4) is 0 Å². The van der Waals surface area contributed by atoms with Gasteiger partial charge in [0.1, 0.15) is 0 Å². The first-order chi connectivity index (χ1) is 15.4. The standard InChI is InChI=1S/C26H28ClNO4/c27-21-8-6-20(7-9-21)26(15-1-16-26)23(29)12-10-22-11-13-24(30)28(22)17-14-18-2-4-19(5-3-18)25(31)32/h2-10,12,22-23,29H,1,11,13-17H2,(H,31,32)/b12-10+/t22-,23+/m0/s1. The highest BCUT2D eigenvalue weighted by molar-refractivity contribution is 6.30. The van der Waals surface area contributed by atoms with Gasteiger partial charge >= 0.3 is 5.97 Å². The van der Waals surface area contributed by atoms with E-state index >= 15 is 0 Å². The van der Waals surface area contributed by atoms with E-state index in [1.807, 2.05) is 41.3 Å². The molecule has 4 rings (SSSR count). The summed E-state index contributed by atoms with van der Waals surface area (Å²) in [5.41, 5.74) is 2.08. The predicted octanol–water partition coefficient (Wildman–Crippen LogP) is 4.61. The summed E-state index contributed by atoms with van der Waals surface area (Å²) in [5, 5.41) is 20.8. The van der Waals surface area contributed by atoms with Crippen LogP contribution < -0.4 is 0 Å². The van der Waals surface area contributed by atoms with Crippen molar-refractivity contribution in [3.63, 3.8) is 0 Å². The zero-order valence-corrected chi connectivity index (χ0v) is 18.7. The molecule has 0 aromatic heterocycles. The molecule has 0 unspecified atom stereocenters. The third-order valence-electron chi connectivity index (χ3n) is 6.96. The number of benzene rings is 2. The van der Waals surface area contributed by atoms with Crippen molar-refractivity contribution in [1.82, 2.24) is 4.90 Å². The highest BCUT2D eigenvalue weighted by atomic mass is 35.5. The topological polar surface area (TPSA) is 77.8 Å². The van der Waals surface area contributed by atoms with Crippen LogP contribution in [-0.4, -0.2) is 45.7 Å². The number of carboxylic acids is 1. The molecule has 2 aromatic carbocycles. The molecule has 2 aromatic rings. The molecule has 1 amide bonds. The molecule has 5 nitrogen and oxygen atoms in total. The zero-order valence-electron chi connectivity index (χ0n) is 17.9. The van der Waals surface area contributed by atoms with Gasteiger partial charge in [-0.05, 0) is 61.1 Å². The molecule has 168 valence electrons. The molecule has 1 saturated carbocycles. The van der Waals surface area contributed by atoms with E-state index in [0.29, 0.717) is 24.4 Å². The van der Waals surface area contributed by atoms with Gasteiger partial charge in [0.2, 0.25) is 5.91 Å². The molecule has 1 saturated heterocycles. The van der Waals surface area contributed by atoms with Gasteiger partial charge in [-0.3, -0.25) is 4.79 Å². The maximum atomic E-state index is 12.5. The van der Waals surface area contributed by atoms with E-state index in [9.17, 15) is 14.7 Å². The average Bonchev–Trinajstić information content (AvgIpc) is 3.11.